The second kappa shape index (κ2) is 4.78. The van der Waals surface area contributed by atoms with E-state index in [9.17, 15) is 4.79 Å². The SMILES string of the molecule is CCCn1c(C)cc(C)c(CBr)c1=O. The first-order chi connectivity index (χ1) is 6.61. The molecule has 0 aliphatic heterocycles. The largest absolute Gasteiger partial charge is 0.313 e. The van der Waals surface area contributed by atoms with E-state index >= 15 is 0 Å². The zero-order valence-electron chi connectivity index (χ0n) is 8.93. The Bertz CT molecular complexity index is 382. The lowest BCUT2D eigenvalue weighted by Crippen LogP contribution is -2.26. The minimum absolute atomic E-state index is 0.154. The summed E-state index contributed by atoms with van der Waals surface area (Å²) in [5, 5.41) is 0.641. The molecule has 0 bridgehead atoms. The van der Waals surface area contributed by atoms with Gasteiger partial charge < -0.3 is 4.57 Å². The Morgan fingerprint density at radius 2 is 2.07 bits per heavy atom. The van der Waals surface area contributed by atoms with Crippen LogP contribution >= 0.6 is 15.9 Å². The van der Waals surface area contributed by atoms with Gasteiger partial charge in [-0.25, -0.2) is 0 Å². The average Bonchev–Trinajstić information content (AvgIpc) is 2.12. The van der Waals surface area contributed by atoms with Gasteiger partial charge in [0, 0.05) is 23.1 Å². The molecule has 0 fully saturated rings. The number of hydrogen-bond donors (Lipinski definition) is 0. The van der Waals surface area contributed by atoms with Crippen molar-refractivity contribution in [3.05, 3.63) is 33.2 Å². The van der Waals surface area contributed by atoms with Crippen LogP contribution < -0.4 is 5.56 Å². The summed E-state index contributed by atoms with van der Waals surface area (Å²) in [6.45, 7) is 6.87. The quantitative estimate of drug-likeness (QED) is 0.764. The fourth-order valence-electron chi connectivity index (χ4n) is 1.63. The maximum atomic E-state index is 12.0. The molecule has 0 aliphatic carbocycles. The van der Waals surface area contributed by atoms with E-state index in [1.165, 1.54) is 0 Å². The van der Waals surface area contributed by atoms with Gasteiger partial charge in [0.05, 0.1) is 0 Å². The predicted octanol–water partition coefficient (Wildman–Crippen LogP) is 2.77. The summed E-state index contributed by atoms with van der Waals surface area (Å²) in [6, 6.07) is 2.08. The maximum absolute atomic E-state index is 12.0. The number of rotatable bonds is 3. The van der Waals surface area contributed by atoms with Crippen molar-refractivity contribution in [3.63, 3.8) is 0 Å². The van der Waals surface area contributed by atoms with Crippen LogP contribution in [0.5, 0.6) is 0 Å². The van der Waals surface area contributed by atoms with Gasteiger partial charge in [0.1, 0.15) is 0 Å². The highest BCUT2D eigenvalue weighted by Crippen LogP contribution is 2.09. The molecule has 0 saturated heterocycles. The molecule has 2 nitrogen and oxygen atoms in total. The molecule has 0 atom stereocenters. The van der Waals surface area contributed by atoms with Crippen molar-refractivity contribution in [2.75, 3.05) is 0 Å². The van der Waals surface area contributed by atoms with Gasteiger partial charge in [-0.3, -0.25) is 4.79 Å². The van der Waals surface area contributed by atoms with Gasteiger partial charge in [0.25, 0.3) is 5.56 Å². The van der Waals surface area contributed by atoms with Gasteiger partial charge in [-0.15, -0.1) is 0 Å². The Labute approximate surface area is 93.1 Å². The molecule has 14 heavy (non-hydrogen) atoms. The van der Waals surface area contributed by atoms with E-state index in [1.807, 2.05) is 18.4 Å². The fourth-order valence-corrected chi connectivity index (χ4v) is 2.32. The van der Waals surface area contributed by atoms with Crippen molar-refractivity contribution < 1.29 is 0 Å². The Kier molecular flexibility index (Phi) is 3.93. The van der Waals surface area contributed by atoms with Crippen LogP contribution in [0, 0.1) is 13.8 Å². The highest BCUT2D eigenvalue weighted by molar-refractivity contribution is 9.08. The monoisotopic (exact) mass is 257 g/mol. The van der Waals surface area contributed by atoms with Gasteiger partial charge in [0.2, 0.25) is 0 Å². The van der Waals surface area contributed by atoms with Crippen LogP contribution in [0.2, 0.25) is 0 Å². The fraction of sp³-hybridized carbons (Fsp3) is 0.545. The molecule has 0 aromatic carbocycles. The molecule has 0 unspecified atom stereocenters. The molecule has 0 aliphatic rings. The van der Waals surface area contributed by atoms with Crippen molar-refractivity contribution in [2.45, 2.75) is 39.1 Å². The third-order valence-corrected chi connectivity index (χ3v) is 2.97. The lowest BCUT2D eigenvalue weighted by molar-refractivity contribution is 0.630. The Hall–Kier alpha value is -0.570. The van der Waals surface area contributed by atoms with Crippen molar-refractivity contribution in [3.8, 4) is 0 Å². The number of hydrogen-bond acceptors (Lipinski definition) is 1. The van der Waals surface area contributed by atoms with E-state index in [1.54, 1.807) is 0 Å². The molecular formula is C11H16BrNO. The number of aromatic nitrogens is 1. The molecule has 1 aromatic heterocycles. The summed E-state index contributed by atoms with van der Waals surface area (Å²) in [4.78, 5) is 12.0. The van der Waals surface area contributed by atoms with Crippen molar-refractivity contribution >= 4 is 15.9 Å². The standard InChI is InChI=1S/C11H16BrNO/c1-4-5-13-9(3)6-8(2)10(7-12)11(13)14/h6H,4-5,7H2,1-3H3. The molecule has 0 spiro atoms. The zero-order valence-corrected chi connectivity index (χ0v) is 10.5. The Morgan fingerprint density at radius 1 is 1.43 bits per heavy atom. The molecule has 1 rings (SSSR count). The predicted molar refractivity (Wildman–Crippen MR) is 63.1 cm³/mol. The van der Waals surface area contributed by atoms with E-state index in [4.69, 9.17) is 0 Å². The first kappa shape index (κ1) is 11.5. The Balaban J connectivity index is 3.36. The van der Waals surface area contributed by atoms with Crippen molar-refractivity contribution in [1.82, 2.24) is 4.57 Å². The number of halogens is 1. The second-order valence-corrected chi connectivity index (χ2v) is 4.10. The number of alkyl halides is 1. The summed E-state index contributed by atoms with van der Waals surface area (Å²) in [5.74, 6) is 0. The van der Waals surface area contributed by atoms with Gasteiger partial charge >= 0.3 is 0 Å². The molecule has 0 N–H and O–H groups in total. The van der Waals surface area contributed by atoms with Crippen LogP contribution in [0.4, 0.5) is 0 Å². The van der Waals surface area contributed by atoms with Crippen LogP contribution in [0.15, 0.2) is 10.9 Å². The first-order valence-electron chi connectivity index (χ1n) is 4.87. The molecule has 3 heteroatoms. The number of aryl methyl sites for hydroxylation is 2. The van der Waals surface area contributed by atoms with Crippen LogP contribution in [-0.2, 0) is 11.9 Å². The minimum Gasteiger partial charge on any atom is -0.313 e. The molecule has 1 heterocycles. The molecule has 1 aromatic rings. The van der Waals surface area contributed by atoms with Crippen LogP contribution in [0.3, 0.4) is 0 Å². The maximum Gasteiger partial charge on any atom is 0.255 e. The highest BCUT2D eigenvalue weighted by Gasteiger charge is 2.07. The molecule has 0 amide bonds. The lowest BCUT2D eigenvalue weighted by Gasteiger charge is -2.12. The summed E-state index contributed by atoms with van der Waals surface area (Å²) >= 11 is 3.36. The van der Waals surface area contributed by atoms with Crippen LogP contribution in [0.1, 0.15) is 30.2 Å². The van der Waals surface area contributed by atoms with Crippen molar-refractivity contribution in [2.24, 2.45) is 0 Å². The third-order valence-electron chi connectivity index (χ3n) is 2.41. The number of nitrogens with zero attached hydrogens (tertiary/aromatic N) is 1. The lowest BCUT2D eigenvalue weighted by atomic mass is 10.1. The Morgan fingerprint density at radius 3 is 2.57 bits per heavy atom. The summed E-state index contributed by atoms with van der Waals surface area (Å²) < 4.78 is 1.85. The molecule has 78 valence electrons. The van der Waals surface area contributed by atoms with Crippen LogP contribution in [0.25, 0.3) is 0 Å². The first-order valence-corrected chi connectivity index (χ1v) is 5.99. The molecular weight excluding hydrogens is 242 g/mol. The normalized spacial score (nSPS) is 10.6. The van der Waals surface area contributed by atoms with Gasteiger partial charge in [-0.05, 0) is 31.9 Å². The summed E-state index contributed by atoms with van der Waals surface area (Å²) in [7, 11) is 0. The van der Waals surface area contributed by atoms with E-state index < -0.39 is 0 Å². The van der Waals surface area contributed by atoms with Gasteiger partial charge in [-0.1, -0.05) is 22.9 Å². The summed E-state index contributed by atoms with van der Waals surface area (Å²) in [6.07, 6.45) is 0.992. The average molecular weight is 258 g/mol. The topological polar surface area (TPSA) is 22.0 Å². The number of pyridine rings is 1. The zero-order chi connectivity index (χ0) is 10.7. The van der Waals surface area contributed by atoms with E-state index in [0.29, 0.717) is 5.33 Å². The molecule has 0 radical (unpaired) electrons. The highest BCUT2D eigenvalue weighted by atomic mass is 79.9. The van der Waals surface area contributed by atoms with E-state index in [0.717, 1.165) is 29.8 Å². The summed E-state index contributed by atoms with van der Waals surface area (Å²) in [5.41, 5.74) is 3.17. The van der Waals surface area contributed by atoms with E-state index in [-0.39, 0.29) is 5.56 Å². The third kappa shape index (κ3) is 2.08. The second-order valence-electron chi connectivity index (χ2n) is 3.54. The van der Waals surface area contributed by atoms with Crippen molar-refractivity contribution in [1.29, 1.82) is 0 Å². The smallest absolute Gasteiger partial charge is 0.255 e. The minimum atomic E-state index is 0.154. The van der Waals surface area contributed by atoms with Gasteiger partial charge in [0.15, 0.2) is 0 Å². The van der Waals surface area contributed by atoms with Gasteiger partial charge in [-0.2, -0.15) is 0 Å². The molecule has 0 saturated carbocycles. The van der Waals surface area contributed by atoms with E-state index in [2.05, 4.69) is 28.9 Å². The van der Waals surface area contributed by atoms with Crippen LogP contribution in [-0.4, -0.2) is 4.57 Å².